The van der Waals surface area contributed by atoms with E-state index in [4.69, 9.17) is 0 Å². The summed E-state index contributed by atoms with van der Waals surface area (Å²) in [7, 11) is 0. The number of ether oxygens (including phenoxy) is 1. The second-order valence-corrected chi connectivity index (χ2v) is 9.02. The topological polar surface area (TPSA) is 26.3 Å². The Hall–Kier alpha value is -1.58. The van der Waals surface area contributed by atoms with Gasteiger partial charge in [0.15, 0.2) is 6.61 Å². The summed E-state index contributed by atoms with van der Waals surface area (Å²) in [6.07, 6.45) is 0.527. The minimum absolute atomic E-state index is 0.0374. The zero-order valence-electron chi connectivity index (χ0n) is 20.7. The molecule has 0 aliphatic rings. The highest BCUT2D eigenvalue weighted by atomic mass is 19.4. The SMILES string of the molecule is CCCCCCCCCCCCCC(=O)OCC(F)(F)C(F)(F)C(F)(F)C(F)(F)C(F)(F)C(F)(F)C(F)(F)F. The van der Waals surface area contributed by atoms with Crippen LogP contribution >= 0.6 is 0 Å². The van der Waals surface area contributed by atoms with Gasteiger partial charge in [-0.3, -0.25) is 4.79 Å². The lowest BCUT2D eigenvalue weighted by Gasteiger charge is -2.41. The van der Waals surface area contributed by atoms with Gasteiger partial charge < -0.3 is 4.74 Å². The fraction of sp³-hybridized carbons (Fsp3) is 0.955. The van der Waals surface area contributed by atoms with E-state index in [1.54, 1.807) is 0 Å². The minimum Gasteiger partial charge on any atom is -0.459 e. The van der Waals surface area contributed by atoms with Crippen molar-refractivity contribution >= 4 is 5.97 Å². The Balaban J connectivity index is 5.01. The van der Waals surface area contributed by atoms with Gasteiger partial charge in [0.05, 0.1) is 0 Å². The van der Waals surface area contributed by atoms with Crippen molar-refractivity contribution < 1.29 is 75.4 Å². The van der Waals surface area contributed by atoms with E-state index >= 15 is 0 Å². The molecule has 0 radical (unpaired) electrons. The molecule has 17 heteroatoms. The molecule has 0 unspecified atom stereocenters. The first kappa shape index (κ1) is 37.4. The van der Waals surface area contributed by atoms with E-state index in [9.17, 15) is 70.7 Å². The maximum atomic E-state index is 13.7. The van der Waals surface area contributed by atoms with Crippen molar-refractivity contribution in [2.24, 2.45) is 0 Å². The van der Waals surface area contributed by atoms with E-state index in [1.165, 1.54) is 0 Å². The third kappa shape index (κ3) is 8.46. The van der Waals surface area contributed by atoms with Gasteiger partial charge in [-0.15, -0.1) is 0 Å². The van der Waals surface area contributed by atoms with Crippen LogP contribution in [0.5, 0.6) is 0 Å². The molecule has 0 atom stereocenters. The number of hydrogen-bond donors (Lipinski definition) is 0. The number of halogens is 15. The normalized spacial score (nSPS) is 14.6. The maximum absolute atomic E-state index is 13.7. The predicted octanol–water partition coefficient (Wildman–Crippen LogP) is 9.60. The Morgan fingerprint density at radius 3 is 1.21 bits per heavy atom. The number of hydrogen-bond acceptors (Lipinski definition) is 2. The quantitative estimate of drug-likeness (QED) is 0.0828. The lowest BCUT2D eigenvalue weighted by atomic mass is 9.91. The minimum atomic E-state index is -8.36. The molecule has 0 aromatic rings. The number of carbonyl (C=O) groups excluding carboxylic acids is 1. The fourth-order valence-electron chi connectivity index (χ4n) is 3.27. The van der Waals surface area contributed by atoms with Crippen LogP contribution in [0.2, 0.25) is 0 Å². The van der Waals surface area contributed by atoms with Crippen LogP contribution in [0, 0.1) is 0 Å². The van der Waals surface area contributed by atoms with Crippen LogP contribution in [-0.4, -0.2) is 54.3 Å². The number of rotatable bonds is 19. The van der Waals surface area contributed by atoms with Crippen LogP contribution in [0.15, 0.2) is 0 Å². The van der Waals surface area contributed by atoms with Crippen LogP contribution in [-0.2, 0) is 9.53 Å². The number of carbonyl (C=O) groups is 1. The molecule has 0 rings (SSSR count). The molecule has 0 bridgehead atoms. The number of alkyl halides is 15. The molecule has 0 aromatic heterocycles. The van der Waals surface area contributed by atoms with Gasteiger partial charge in [-0.1, -0.05) is 71.1 Å². The molecule has 0 amide bonds. The summed E-state index contributed by atoms with van der Waals surface area (Å²) in [4.78, 5) is 11.4. The lowest BCUT2D eigenvalue weighted by molar-refractivity contribution is -0.453. The van der Waals surface area contributed by atoms with Gasteiger partial charge in [0.25, 0.3) is 0 Å². The summed E-state index contributed by atoms with van der Waals surface area (Å²) in [6.45, 7) is -1.01. The molecular weight excluding hydrogens is 581 g/mol. The van der Waals surface area contributed by atoms with Gasteiger partial charge in [0, 0.05) is 6.42 Å². The Morgan fingerprint density at radius 2 is 0.821 bits per heavy atom. The summed E-state index contributed by atoms with van der Waals surface area (Å²) in [5.74, 6) is -48.8. The standard InChI is InChI=1S/C22H29F15O2/c1-2-3-4-5-6-7-8-9-10-11-12-13-15(38)39-14-16(23,24)17(25,26)18(27,28)19(29,30)20(31,32)21(33,34)22(35,36)37/h2-14H2,1H3. The highest BCUT2D eigenvalue weighted by Gasteiger charge is 2.93. The summed E-state index contributed by atoms with van der Waals surface area (Å²) in [5.41, 5.74) is 0. The Labute approximate surface area is 214 Å². The van der Waals surface area contributed by atoms with E-state index in [2.05, 4.69) is 11.7 Å². The average Bonchev–Trinajstić information content (AvgIpc) is 2.79. The highest BCUT2D eigenvalue weighted by Crippen LogP contribution is 2.62. The van der Waals surface area contributed by atoms with Crippen molar-refractivity contribution in [3.63, 3.8) is 0 Å². The maximum Gasteiger partial charge on any atom is 0.460 e. The second kappa shape index (κ2) is 13.9. The zero-order valence-corrected chi connectivity index (χ0v) is 20.7. The first-order valence-corrected chi connectivity index (χ1v) is 11.9. The molecule has 0 saturated carbocycles. The second-order valence-electron chi connectivity index (χ2n) is 9.02. The monoisotopic (exact) mass is 610 g/mol. The van der Waals surface area contributed by atoms with Crippen molar-refractivity contribution in [2.75, 3.05) is 6.61 Å². The first-order chi connectivity index (χ1) is 17.5. The third-order valence-corrected chi connectivity index (χ3v) is 5.79. The van der Waals surface area contributed by atoms with Crippen LogP contribution in [0.3, 0.4) is 0 Å². The van der Waals surface area contributed by atoms with Gasteiger partial charge in [-0.25, -0.2) is 0 Å². The lowest BCUT2D eigenvalue weighted by Crippen LogP contribution is -2.73. The zero-order chi connectivity index (χ0) is 31.0. The molecule has 0 heterocycles. The van der Waals surface area contributed by atoms with E-state index < -0.39 is 60.7 Å². The Bertz CT molecular complexity index is 748. The van der Waals surface area contributed by atoms with Crippen molar-refractivity contribution in [2.45, 2.75) is 126 Å². The van der Waals surface area contributed by atoms with Crippen molar-refractivity contribution in [1.82, 2.24) is 0 Å². The molecular formula is C22H29F15O2. The van der Waals surface area contributed by atoms with E-state index in [1.807, 2.05) is 0 Å². The predicted molar refractivity (Wildman–Crippen MR) is 108 cm³/mol. The van der Waals surface area contributed by atoms with Crippen LogP contribution in [0.4, 0.5) is 65.9 Å². The van der Waals surface area contributed by atoms with Gasteiger partial charge >= 0.3 is 47.7 Å². The summed E-state index contributed by atoms with van der Waals surface area (Å²) < 4.78 is 200. The van der Waals surface area contributed by atoms with E-state index in [0.29, 0.717) is 12.8 Å². The first-order valence-electron chi connectivity index (χ1n) is 11.9. The van der Waals surface area contributed by atoms with E-state index in [0.717, 1.165) is 51.4 Å². The Morgan fingerprint density at radius 1 is 0.487 bits per heavy atom. The molecule has 0 spiro atoms. The third-order valence-electron chi connectivity index (χ3n) is 5.79. The molecule has 2 nitrogen and oxygen atoms in total. The smallest absolute Gasteiger partial charge is 0.459 e. The molecule has 0 fully saturated rings. The highest BCUT2D eigenvalue weighted by molar-refractivity contribution is 5.69. The van der Waals surface area contributed by atoms with Crippen molar-refractivity contribution in [3.8, 4) is 0 Å². The number of unbranched alkanes of at least 4 members (excludes halogenated alkanes) is 10. The van der Waals surface area contributed by atoms with Gasteiger partial charge in [0.2, 0.25) is 0 Å². The molecule has 0 aliphatic heterocycles. The van der Waals surface area contributed by atoms with Crippen LogP contribution < -0.4 is 0 Å². The molecule has 0 aromatic carbocycles. The largest absolute Gasteiger partial charge is 0.460 e. The number of esters is 1. The molecule has 39 heavy (non-hydrogen) atoms. The van der Waals surface area contributed by atoms with Crippen LogP contribution in [0.1, 0.15) is 84.0 Å². The van der Waals surface area contributed by atoms with Crippen LogP contribution in [0.25, 0.3) is 0 Å². The molecule has 0 aliphatic carbocycles. The average molecular weight is 610 g/mol. The van der Waals surface area contributed by atoms with Crippen molar-refractivity contribution in [1.29, 1.82) is 0 Å². The Kier molecular flexibility index (Phi) is 13.3. The molecule has 0 saturated heterocycles. The van der Waals surface area contributed by atoms with E-state index in [-0.39, 0.29) is 6.42 Å². The summed E-state index contributed by atoms with van der Waals surface area (Å²) in [6, 6.07) is 0. The summed E-state index contributed by atoms with van der Waals surface area (Å²) >= 11 is 0. The molecule has 0 N–H and O–H groups in total. The van der Waals surface area contributed by atoms with Gasteiger partial charge in [-0.2, -0.15) is 65.9 Å². The van der Waals surface area contributed by atoms with Crippen molar-refractivity contribution in [3.05, 3.63) is 0 Å². The fourth-order valence-corrected chi connectivity index (χ4v) is 3.27. The molecule has 234 valence electrons. The van der Waals surface area contributed by atoms with Gasteiger partial charge in [0.1, 0.15) is 0 Å². The summed E-state index contributed by atoms with van der Waals surface area (Å²) in [5, 5.41) is 0. The van der Waals surface area contributed by atoms with Gasteiger partial charge in [-0.05, 0) is 6.42 Å².